The molecule has 0 amide bonds. The maximum absolute atomic E-state index is 12.8. The Hall–Kier alpha value is -2.84. The average molecular weight is 703 g/mol. The van der Waals surface area contributed by atoms with Gasteiger partial charge in [0.15, 0.2) is 0 Å². The summed E-state index contributed by atoms with van der Waals surface area (Å²) in [4.78, 5) is 0.171. The predicted molar refractivity (Wildman–Crippen MR) is 166 cm³/mol. The van der Waals surface area contributed by atoms with Crippen molar-refractivity contribution in [3.63, 3.8) is 0 Å². The van der Waals surface area contributed by atoms with E-state index in [1.165, 1.54) is 11.1 Å². The predicted octanol–water partition coefficient (Wildman–Crippen LogP) is 9.36. The Morgan fingerprint density at radius 2 is 1.02 bits per heavy atom. The van der Waals surface area contributed by atoms with Crippen LogP contribution in [-0.4, -0.2) is 15.7 Å². The summed E-state index contributed by atoms with van der Waals surface area (Å²) in [6, 6.07) is 32.8. The number of aryl methyl sites for hydroxylation is 2. The van der Waals surface area contributed by atoms with E-state index >= 15 is 0 Å². The minimum Gasteiger partial charge on any atom is -0.537 e. The minimum atomic E-state index is -6.00. The van der Waals surface area contributed by atoms with Gasteiger partial charge in [-0.1, -0.05) is 134 Å². The van der Waals surface area contributed by atoms with Crippen LogP contribution in [0.1, 0.15) is 59.7 Å². The Bertz CT molecular complexity index is 1420. The monoisotopic (exact) mass is 703 g/mol. The summed E-state index contributed by atoms with van der Waals surface area (Å²) in [7, 11) is -9.83. The average Bonchev–Trinajstić information content (AvgIpc) is 2.92. The van der Waals surface area contributed by atoms with Crippen LogP contribution in [-0.2, 0) is 29.5 Å². The summed E-state index contributed by atoms with van der Waals surface area (Å²) in [6.45, 7) is 8.45. The first-order valence-corrected chi connectivity index (χ1v) is 14.4. The molecule has 4 aromatic rings. The zero-order chi connectivity index (χ0) is 30.6. The van der Waals surface area contributed by atoms with Gasteiger partial charge in [-0.15, -0.1) is 0 Å². The first kappa shape index (κ1) is 40.2. The molecule has 4 nitrogen and oxygen atoms in total. The van der Waals surface area contributed by atoms with Crippen LogP contribution in [0.25, 0.3) is 4.72 Å². The van der Waals surface area contributed by atoms with Crippen molar-refractivity contribution in [2.24, 2.45) is 5.73 Å². The van der Waals surface area contributed by atoms with Gasteiger partial charge < -0.3 is 35.1 Å². The molecule has 4 rings (SSSR count). The van der Waals surface area contributed by atoms with Crippen LogP contribution < -0.4 is 5.73 Å². The fourth-order valence-corrected chi connectivity index (χ4v) is 4.87. The third kappa shape index (κ3) is 14.9. The zero-order valence-corrected chi connectivity index (χ0v) is 27.4. The fraction of sp³-hybridized carbons (Fsp3) is 0.219. The molecule has 0 unspecified atom stereocenters. The minimum absolute atomic E-state index is 0. The summed E-state index contributed by atoms with van der Waals surface area (Å²) in [5.74, 6) is 0.653. The van der Waals surface area contributed by atoms with E-state index in [1.54, 1.807) is 24.3 Å². The summed E-state index contributed by atoms with van der Waals surface area (Å²) < 4.78 is 68.9. The van der Waals surface area contributed by atoms with E-state index in [0.717, 1.165) is 16.7 Å². The fourth-order valence-electron chi connectivity index (χ4n) is 3.71. The van der Waals surface area contributed by atoms with Gasteiger partial charge in [-0.05, 0) is 43.0 Å². The van der Waals surface area contributed by atoms with Crippen LogP contribution in [0.5, 0.6) is 0 Å². The molecular formula is C32H38BF4N2O2RuS+. The van der Waals surface area contributed by atoms with Gasteiger partial charge in [0.1, 0.15) is 10.0 Å². The summed E-state index contributed by atoms with van der Waals surface area (Å²) >= 11 is 0. The van der Waals surface area contributed by atoms with Gasteiger partial charge in [0.05, 0.1) is 0 Å². The van der Waals surface area contributed by atoms with E-state index in [2.05, 4.69) is 49.8 Å². The molecule has 0 fully saturated rings. The number of hydrogen-bond acceptors (Lipinski definition) is 3. The van der Waals surface area contributed by atoms with E-state index < -0.39 is 29.4 Å². The van der Waals surface area contributed by atoms with E-state index in [9.17, 15) is 25.7 Å². The van der Waals surface area contributed by atoms with Crippen LogP contribution >= 0.6 is 0 Å². The van der Waals surface area contributed by atoms with E-state index in [4.69, 9.17) is 5.73 Å². The molecule has 0 aliphatic heterocycles. The smallest absolute Gasteiger partial charge is 0.537 e. The van der Waals surface area contributed by atoms with Crippen LogP contribution in [0, 0.1) is 21.3 Å². The molecule has 0 saturated heterocycles. The van der Waals surface area contributed by atoms with Gasteiger partial charge in [-0.25, -0.2) is 8.42 Å². The van der Waals surface area contributed by atoms with Crippen molar-refractivity contribution >= 4 is 17.3 Å². The number of halogens is 4. The Morgan fingerprint density at radius 1 is 0.651 bits per heavy atom. The van der Waals surface area contributed by atoms with Gasteiger partial charge >= 0.3 is 26.7 Å². The molecule has 0 aliphatic rings. The van der Waals surface area contributed by atoms with Crippen LogP contribution in [0.2, 0.25) is 0 Å². The largest absolute Gasteiger partial charge is 4.00 e. The van der Waals surface area contributed by atoms with Crippen molar-refractivity contribution in [2.75, 3.05) is 0 Å². The van der Waals surface area contributed by atoms with Crippen molar-refractivity contribution in [1.82, 2.24) is 0 Å². The van der Waals surface area contributed by atoms with Crippen LogP contribution in [0.4, 0.5) is 17.3 Å². The molecule has 0 bridgehead atoms. The second kappa shape index (κ2) is 18.7. The number of hydrogen-bond donors (Lipinski definition) is 1. The molecule has 0 spiro atoms. The topological polar surface area (TPSA) is 74.3 Å². The number of nitrogens with zero attached hydrogens (tertiary/aromatic N) is 1. The van der Waals surface area contributed by atoms with E-state index in [-0.39, 0.29) is 31.8 Å². The third-order valence-electron chi connectivity index (χ3n) is 5.98. The van der Waals surface area contributed by atoms with E-state index in [0.29, 0.717) is 5.92 Å². The van der Waals surface area contributed by atoms with Crippen molar-refractivity contribution in [3.05, 3.63) is 149 Å². The molecule has 11 heteroatoms. The maximum atomic E-state index is 12.8. The molecule has 43 heavy (non-hydrogen) atoms. The summed E-state index contributed by atoms with van der Waals surface area (Å²) in [5, 5.41) is 0. The molecule has 0 aromatic heterocycles. The van der Waals surface area contributed by atoms with Gasteiger partial charge in [-0.2, -0.15) is 0 Å². The molecule has 0 aliphatic carbocycles. The molecule has 4 aromatic carbocycles. The van der Waals surface area contributed by atoms with Gasteiger partial charge in [-0.3, -0.25) is 0 Å². The zero-order valence-electron chi connectivity index (χ0n) is 24.8. The van der Waals surface area contributed by atoms with Gasteiger partial charge in [0.2, 0.25) is 0 Å². The molecule has 0 heterocycles. The number of nitrogens with two attached hydrogens (primary N) is 1. The van der Waals surface area contributed by atoms with Crippen molar-refractivity contribution in [2.45, 2.75) is 50.6 Å². The quantitative estimate of drug-likeness (QED) is 0.119. The third-order valence-corrected chi connectivity index (χ3v) is 7.35. The molecule has 2 atom stereocenters. The van der Waals surface area contributed by atoms with Gasteiger partial charge in [0, 0.05) is 10.9 Å². The Balaban J connectivity index is 0.000000863. The number of rotatable bonds is 7. The molecule has 232 valence electrons. The molecule has 0 radical (unpaired) electrons. The standard InChI is InChI=1S/C21H21N2O2S.C10H14.CH3.BF4.Ru/c1-16-12-14-19(15-13-16)26(24,25)23-21(18-10-6-3-7-11-18)20(22)17-8-4-2-5-9-17;1-8(2)10-6-4-9(3)5-7-10;;2-1(3,4)5;/h2-15,20-21H,22H2,1H3;4-8H,1-3H3;1H3;;/q-1;;2*-1;+4/t20-,21-;;;;/m1..../s1. The van der Waals surface area contributed by atoms with Crippen molar-refractivity contribution < 1.29 is 45.2 Å². The first-order valence-electron chi connectivity index (χ1n) is 13.0. The van der Waals surface area contributed by atoms with Crippen LogP contribution in [0.3, 0.4) is 0 Å². The molecular weight excluding hydrogens is 664 g/mol. The summed E-state index contributed by atoms with van der Waals surface area (Å²) in [6.07, 6.45) is 0. The van der Waals surface area contributed by atoms with Crippen molar-refractivity contribution in [1.29, 1.82) is 0 Å². The summed E-state index contributed by atoms with van der Waals surface area (Å²) in [5.41, 5.74) is 11.8. The Kier molecular flexibility index (Phi) is 17.5. The maximum Gasteiger partial charge on any atom is 4.00 e. The Labute approximate surface area is 267 Å². The van der Waals surface area contributed by atoms with E-state index in [1.807, 2.05) is 67.6 Å². The molecule has 2 N–H and O–H groups in total. The second-order valence-corrected chi connectivity index (χ2v) is 11.4. The number of sulfonamides is 1. The van der Waals surface area contributed by atoms with Gasteiger partial charge in [0.25, 0.3) is 0 Å². The second-order valence-electron chi connectivity index (χ2n) is 9.75. The first-order chi connectivity index (χ1) is 19.2. The number of benzene rings is 4. The normalized spacial score (nSPS) is 12.2. The van der Waals surface area contributed by atoms with Crippen molar-refractivity contribution in [3.8, 4) is 0 Å². The SMILES string of the molecule is Cc1ccc(C(C)C)cc1.Cc1ccc(S(=O)(=O)[N-][C@H](c2ccccc2)[C@H](N)c2ccccc2)cc1.F[B-](F)(F)F.[CH3-].[Ru+4]. The Morgan fingerprint density at radius 3 is 1.42 bits per heavy atom. The molecule has 0 saturated carbocycles. The van der Waals surface area contributed by atoms with Crippen LogP contribution in [0.15, 0.2) is 114 Å².